The van der Waals surface area contributed by atoms with E-state index in [0.717, 1.165) is 12.8 Å². The third-order valence-electron chi connectivity index (χ3n) is 4.95. The monoisotopic (exact) mass is 406 g/mol. The van der Waals surface area contributed by atoms with Gasteiger partial charge in [0.2, 0.25) is 5.34 Å². The minimum atomic E-state index is -4.53. The molecule has 6 heteroatoms. The highest BCUT2D eigenvalue weighted by Crippen LogP contribution is 2.52. The van der Waals surface area contributed by atoms with E-state index in [1.165, 1.54) is 57.8 Å². The number of quaternary nitrogens is 1. The van der Waals surface area contributed by atoms with Crippen LogP contribution in [-0.2, 0) is 4.57 Å². The van der Waals surface area contributed by atoms with Crippen molar-refractivity contribution in [1.29, 1.82) is 0 Å². The van der Waals surface area contributed by atoms with Gasteiger partial charge in [-0.05, 0) is 32.6 Å². The van der Waals surface area contributed by atoms with Crippen LogP contribution in [0.2, 0.25) is 0 Å². The highest BCUT2D eigenvalue weighted by atomic mass is 31.2. The van der Waals surface area contributed by atoms with E-state index in [4.69, 9.17) is 0 Å². The number of nitrogens with zero attached hydrogens (tertiary/aromatic N) is 1. The molecule has 0 rings (SSSR count). The molecular weight excluding hydrogens is 361 g/mol. The molecule has 0 aliphatic heterocycles. The largest absolute Gasteiger partial charge is 0.373 e. The first-order valence-electron chi connectivity index (χ1n) is 10.7. The summed E-state index contributed by atoms with van der Waals surface area (Å²) >= 11 is 0. The third kappa shape index (κ3) is 14.5. The molecule has 0 bridgehead atoms. The standard InChI is InChI=1S/C21H44NO4P/c1-5-6-7-8-9-10-11-12-13-14-15-16-17-18-19-21(23,27(24,25)26)20-22(2,3)4/h5-6,23H,7-20H2,1-4H3,(H-,24,25,26)/p+1/b6-5-. The van der Waals surface area contributed by atoms with Crippen LogP contribution in [0.3, 0.4) is 0 Å². The summed E-state index contributed by atoms with van der Waals surface area (Å²) in [4.78, 5) is 19.1. The SMILES string of the molecule is C/C=C\CCCCCCCCCCCCCC(O)(C[N+](C)(C)C)P(=O)(O)O. The predicted molar refractivity (Wildman–Crippen MR) is 115 cm³/mol. The summed E-state index contributed by atoms with van der Waals surface area (Å²) in [6.45, 7) is 2.13. The van der Waals surface area contributed by atoms with Crippen molar-refractivity contribution < 1.29 is 23.9 Å². The average Bonchev–Trinajstić information content (AvgIpc) is 2.52. The van der Waals surface area contributed by atoms with Crippen molar-refractivity contribution in [1.82, 2.24) is 0 Å². The molecule has 0 heterocycles. The van der Waals surface area contributed by atoms with Crippen molar-refractivity contribution in [3.8, 4) is 0 Å². The van der Waals surface area contributed by atoms with Crippen molar-refractivity contribution in [2.45, 2.75) is 95.7 Å². The lowest BCUT2D eigenvalue weighted by Gasteiger charge is -2.35. The average molecular weight is 407 g/mol. The van der Waals surface area contributed by atoms with E-state index in [-0.39, 0.29) is 13.0 Å². The summed E-state index contributed by atoms with van der Waals surface area (Å²) in [5.41, 5.74) is 0. The molecule has 0 aromatic carbocycles. The summed E-state index contributed by atoms with van der Waals surface area (Å²) in [5.74, 6) is 0. The topological polar surface area (TPSA) is 77.8 Å². The van der Waals surface area contributed by atoms with E-state index >= 15 is 0 Å². The number of rotatable bonds is 17. The molecule has 0 spiro atoms. The number of aliphatic hydroxyl groups is 1. The molecule has 3 N–H and O–H groups in total. The van der Waals surface area contributed by atoms with Gasteiger partial charge in [-0.2, -0.15) is 0 Å². The predicted octanol–water partition coefficient (Wildman–Crippen LogP) is 5.21. The van der Waals surface area contributed by atoms with Gasteiger partial charge < -0.3 is 19.4 Å². The molecule has 0 aromatic rings. The smallest absolute Gasteiger partial charge is 0.362 e. The molecular formula is C21H45NO4P+. The van der Waals surface area contributed by atoms with E-state index in [1.807, 2.05) is 21.1 Å². The fourth-order valence-electron chi connectivity index (χ4n) is 3.50. The lowest BCUT2D eigenvalue weighted by molar-refractivity contribution is -0.875. The van der Waals surface area contributed by atoms with Crippen LogP contribution in [0.4, 0.5) is 0 Å². The van der Waals surface area contributed by atoms with Crippen molar-refractivity contribution in [2.75, 3.05) is 27.7 Å². The minimum Gasteiger partial charge on any atom is -0.373 e. The first-order valence-corrected chi connectivity index (χ1v) is 12.3. The van der Waals surface area contributed by atoms with Crippen LogP contribution in [0.1, 0.15) is 90.4 Å². The molecule has 0 radical (unpaired) electrons. The van der Waals surface area contributed by atoms with Crippen molar-refractivity contribution in [3.05, 3.63) is 12.2 Å². The zero-order chi connectivity index (χ0) is 20.8. The molecule has 0 aliphatic rings. The van der Waals surface area contributed by atoms with Crippen LogP contribution in [0.5, 0.6) is 0 Å². The lowest BCUT2D eigenvalue weighted by Crippen LogP contribution is -2.49. The number of unbranched alkanes of at least 4 members (excludes halogenated alkanes) is 11. The molecule has 0 saturated carbocycles. The van der Waals surface area contributed by atoms with Gasteiger partial charge in [0.25, 0.3) is 0 Å². The second kappa shape index (κ2) is 13.9. The van der Waals surface area contributed by atoms with Crippen LogP contribution in [0.25, 0.3) is 0 Å². The summed E-state index contributed by atoms with van der Waals surface area (Å²) in [7, 11) is 0.974. The fourth-order valence-corrected chi connectivity index (χ4v) is 4.56. The van der Waals surface area contributed by atoms with E-state index in [1.54, 1.807) is 0 Å². The van der Waals surface area contributed by atoms with Crippen LogP contribution < -0.4 is 0 Å². The van der Waals surface area contributed by atoms with Gasteiger partial charge in [-0.1, -0.05) is 69.9 Å². The van der Waals surface area contributed by atoms with Gasteiger partial charge in [0.05, 0.1) is 21.1 Å². The highest BCUT2D eigenvalue weighted by Gasteiger charge is 2.48. The molecule has 0 aliphatic carbocycles. The number of likely N-dealkylation sites (N-methyl/N-ethyl adjacent to an activating group) is 1. The summed E-state index contributed by atoms with van der Waals surface area (Å²) < 4.78 is 12.1. The van der Waals surface area contributed by atoms with E-state index < -0.39 is 12.9 Å². The van der Waals surface area contributed by atoms with Crippen molar-refractivity contribution in [2.24, 2.45) is 0 Å². The van der Waals surface area contributed by atoms with Gasteiger partial charge in [0, 0.05) is 0 Å². The normalized spacial score (nSPS) is 15.4. The van der Waals surface area contributed by atoms with Gasteiger partial charge in [-0.25, -0.2) is 0 Å². The maximum absolute atomic E-state index is 11.7. The molecule has 0 saturated heterocycles. The fraction of sp³-hybridized carbons (Fsp3) is 0.905. The summed E-state index contributed by atoms with van der Waals surface area (Å²) in [6.07, 6.45) is 18.7. The Morgan fingerprint density at radius 1 is 0.815 bits per heavy atom. The van der Waals surface area contributed by atoms with Crippen molar-refractivity contribution in [3.63, 3.8) is 0 Å². The zero-order valence-electron chi connectivity index (χ0n) is 18.2. The Labute approximate surface area is 167 Å². The summed E-state index contributed by atoms with van der Waals surface area (Å²) in [5, 5.41) is 8.59. The van der Waals surface area contributed by atoms with Crippen molar-refractivity contribution >= 4 is 7.60 Å². The summed E-state index contributed by atoms with van der Waals surface area (Å²) in [6, 6.07) is 0. The Morgan fingerprint density at radius 3 is 1.59 bits per heavy atom. The number of hydrogen-bond acceptors (Lipinski definition) is 2. The maximum Gasteiger partial charge on any atom is 0.362 e. The van der Waals surface area contributed by atoms with E-state index in [2.05, 4.69) is 19.1 Å². The van der Waals surface area contributed by atoms with Crippen LogP contribution in [0, 0.1) is 0 Å². The van der Waals surface area contributed by atoms with Gasteiger partial charge in [0.15, 0.2) is 0 Å². The third-order valence-corrected chi connectivity index (χ3v) is 6.40. The Kier molecular flexibility index (Phi) is 13.8. The second-order valence-electron chi connectivity index (χ2n) is 8.97. The Balaban J connectivity index is 3.73. The molecule has 1 atom stereocenters. The molecule has 5 nitrogen and oxygen atoms in total. The van der Waals surface area contributed by atoms with E-state index in [0.29, 0.717) is 10.9 Å². The quantitative estimate of drug-likeness (QED) is 0.134. The Hall–Kier alpha value is -0.190. The molecule has 0 amide bonds. The Morgan fingerprint density at radius 2 is 1.22 bits per heavy atom. The number of allylic oxidation sites excluding steroid dienone is 2. The maximum atomic E-state index is 11.7. The van der Waals surface area contributed by atoms with Gasteiger partial charge in [0.1, 0.15) is 6.54 Å². The van der Waals surface area contributed by atoms with Crippen LogP contribution >= 0.6 is 7.60 Å². The van der Waals surface area contributed by atoms with Crippen LogP contribution in [-0.4, -0.2) is 52.4 Å². The molecule has 0 fully saturated rings. The lowest BCUT2D eigenvalue weighted by atomic mass is 10.0. The highest BCUT2D eigenvalue weighted by molar-refractivity contribution is 7.53. The van der Waals surface area contributed by atoms with Gasteiger partial charge in [-0.15, -0.1) is 0 Å². The number of hydrogen-bond donors (Lipinski definition) is 3. The second-order valence-corrected chi connectivity index (χ2v) is 10.9. The van der Waals surface area contributed by atoms with E-state index in [9.17, 15) is 19.5 Å². The molecule has 1 unspecified atom stereocenters. The van der Waals surface area contributed by atoms with Gasteiger partial charge >= 0.3 is 7.60 Å². The minimum absolute atomic E-state index is 0.0615. The Bertz CT molecular complexity index is 442. The van der Waals surface area contributed by atoms with Gasteiger partial charge in [-0.3, -0.25) is 4.57 Å². The molecule has 162 valence electrons. The first-order chi connectivity index (χ1) is 12.5. The zero-order valence-corrected chi connectivity index (χ0v) is 19.1. The molecule has 27 heavy (non-hydrogen) atoms. The first kappa shape index (κ1) is 26.8. The molecule has 0 aromatic heterocycles. The van der Waals surface area contributed by atoms with Crippen LogP contribution in [0.15, 0.2) is 12.2 Å².